The summed E-state index contributed by atoms with van der Waals surface area (Å²) >= 11 is 2.77. The van der Waals surface area contributed by atoms with Gasteiger partial charge >= 0.3 is 0 Å². The first-order valence-corrected chi connectivity index (χ1v) is 11.5. The molecule has 0 saturated carbocycles. The maximum absolute atomic E-state index is 12.6. The van der Waals surface area contributed by atoms with Crippen molar-refractivity contribution in [1.82, 2.24) is 14.5 Å². The molecule has 0 bridgehead atoms. The van der Waals surface area contributed by atoms with E-state index in [0.29, 0.717) is 18.8 Å². The molecule has 2 aromatic rings. The fourth-order valence-corrected chi connectivity index (χ4v) is 5.76. The van der Waals surface area contributed by atoms with Crippen molar-refractivity contribution in [2.75, 3.05) is 24.2 Å². The first-order valence-electron chi connectivity index (χ1n) is 8.28. The molecule has 1 aliphatic heterocycles. The largest absolute Gasteiger partial charge is 0.325 e. The van der Waals surface area contributed by atoms with Crippen molar-refractivity contribution in [3.63, 3.8) is 0 Å². The van der Waals surface area contributed by atoms with Crippen LogP contribution in [0.2, 0.25) is 0 Å². The minimum atomic E-state index is -3.45. The van der Waals surface area contributed by atoms with Gasteiger partial charge < -0.3 is 5.32 Å². The Labute approximate surface area is 161 Å². The van der Waals surface area contributed by atoms with Gasteiger partial charge in [0.15, 0.2) is 4.34 Å². The van der Waals surface area contributed by atoms with E-state index in [1.807, 2.05) is 6.92 Å². The number of aryl methyl sites for hydroxylation is 1. The lowest BCUT2D eigenvalue weighted by atomic mass is 10.2. The highest BCUT2D eigenvalue weighted by molar-refractivity contribution is 8.01. The number of nitrogens with zero attached hydrogens (tertiary/aromatic N) is 3. The molecule has 1 N–H and O–H groups in total. The quantitative estimate of drug-likeness (QED) is 0.734. The van der Waals surface area contributed by atoms with Crippen LogP contribution in [-0.4, -0.2) is 47.7 Å². The van der Waals surface area contributed by atoms with Crippen molar-refractivity contribution >= 4 is 44.7 Å². The van der Waals surface area contributed by atoms with E-state index in [4.69, 9.17) is 0 Å². The van der Waals surface area contributed by atoms with E-state index >= 15 is 0 Å². The highest BCUT2D eigenvalue weighted by Gasteiger charge is 2.25. The number of aromatic nitrogens is 2. The van der Waals surface area contributed by atoms with Crippen LogP contribution in [0.1, 0.15) is 24.3 Å². The molecular formula is C16H20N4O3S3. The zero-order valence-corrected chi connectivity index (χ0v) is 16.8. The summed E-state index contributed by atoms with van der Waals surface area (Å²) in [6.07, 6.45) is 2.88. The van der Waals surface area contributed by atoms with E-state index in [1.165, 1.54) is 27.4 Å². The molecule has 140 valence electrons. The number of anilines is 1. The van der Waals surface area contributed by atoms with Crippen LogP contribution in [0.3, 0.4) is 0 Å². The van der Waals surface area contributed by atoms with Crippen LogP contribution in [-0.2, 0) is 14.8 Å². The smallest absolute Gasteiger partial charge is 0.243 e. The van der Waals surface area contributed by atoms with Crippen molar-refractivity contribution in [3.05, 3.63) is 29.3 Å². The van der Waals surface area contributed by atoms with Gasteiger partial charge in [0.1, 0.15) is 5.01 Å². The Kier molecular flexibility index (Phi) is 6.28. The number of sulfonamides is 1. The summed E-state index contributed by atoms with van der Waals surface area (Å²) in [6.45, 7) is 3.01. The zero-order valence-electron chi connectivity index (χ0n) is 14.3. The van der Waals surface area contributed by atoms with Gasteiger partial charge in [0.25, 0.3) is 0 Å². The summed E-state index contributed by atoms with van der Waals surface area (Å²) in [5, 5.41) is 11.5. The van der Waals surface area contributed by atoms with Gasteiger partial charge in [0.05, 0.1) is 10.6 Å². The number of benzene rings is 1. The number of rotatable bonds is 6. The average molecular weight is 413 g/mol. The van der Waals surface area contributed by atoms with Crippen molar-refractivity contribution < 1.29 is 13.2 Å². The number of hydrogen-bond donors (Lipinski definition) is 1. The summed E-state index contributed by atoms with van der Waals surface area (Å²) in [6, 6.07) is 6.32. The number of carbonyl (C=O) groups is 1. The van der Waals surface area contributed by atoms with E-state index in [1.54, 1.807) is 24.3 Å². The molecule has 0 aliphatic carbocycles. The third kappa shape index (κ3) is 4.81. The van der Waals surface area contributed by atoms with Crippen molar-refractivity contribution in [2.45, 2.75) is 35.4 Å². The summed E-state index contributed by atoms with van der Waals surface area (Å²) in [4.78, 5) is 12.3. The van der Waals surface area contributed by atoms with E-state index in [0.717, 1.165) is 28.6 Å². The molecule has 0 unspecified atom stereocenters. The monoisotopic (exact) mass is 412 g/mol. The second kappa shape index (κ2) is 8.47. The number of thioether (sulfide) groups is 1. The first kappa shape index (κ1) is 19.3. The van der Waals surface area contributed by atoms with E-state index < -0.39 is 10.0 Å². The normalized spacial score (nSPS) is 15.7. The molecule has 1 aromatic heterocycles. The molecule has 7 nitrogen and oxygen atoms in total. The molecule has 1 aliphatic rings. The van der Waals surface area contributed by atoms with E-state index in [9.17, 15) is 13.2 Å². The first-order chi connectivity index (χ1) is 12.4. The molecule has 0 spiro atoms. The molecule has 1 saturated heterocycles. The van der Waals surface area contributed by atoms with Crippen LogP contribution in [0.4, 0.5) is 5.69 Å². The topological polar surface area (TPSA) is 92.3 Å². The van der Waals surface area contributed by atoms with Crippen LogP contribution in [0.25, 0.3) is 0 Å². The Morgan fingerprint density at radius 2 is 1.88 bits per heavy atom. The Morgan fingerprint density at radius 1 is 1.19 bits per heavy atom. The number of amides is 1. The van der Waals surface area contributed by atoms with Gasteiger partial charge in [-0.2, -0.15) is 4.31 Å². The predicted molar refractivity (Wildman–Crippen MR) is 103 cm³/mol. The van der Waals surface area contributed by atoms with Gasteiger partial charge in [0.2, 0.25) is 15.9 Å². The van der Waals surface area contributed by atoms with E-state index in [-0.39, 0.29) is 16.6 Å². The van der Waals surface area contributed by atoms with Crippen LogP contribution < -0.4 is 5.32 Å². The third-order valence-electron chi connectivity index (χ3n) is 3.93. The number of piperidine rings is 1. The second-order valence-corrected chi connectivity index (χ2v) is 10.3. The summed E-state index contributed by atoms with van der Waals surface area (Å²) in [7, 11) is -3.45. The van der Waals surface area contributed by atoms with Gasteiger partial charge in [-0.25, -0.2) is 8.42 Å². The molecule has 0 atom stereocenters. The Morgan fingerprint density at radius 3 is 2.50 bits per heavy atom. The summed E-state index contributed by atoms with van der Waals surface area (Å²) in [5.41, 5.74) is 0.571. The molecule has 26 heavy (non-hydrogen) atoms. The lowest BCUT2D eigenvalue weighted by Gasteiger charge is -2.25. The zero-order chi connectivity index (χ0) is 18.6. The van der Waals surface area contributed by atoms with Crippen LogP contribution in [0.5, 0.6) is 0 Å². The molecule has 2 heterocycles. The molecule has 1 amide bonds. The highest BCUT2D eigenvalue weighted by Crippen LogP contribution is 2.23. The average Bonchev–Trinajstić information content (AvgIpc) is 3.06. The molecule has 1 aromatic carbocycles. The molecule has 3 rings (SSSR count). The predicted octanol–water partition coefficient (Wildman–Crippen LogP) is 2.75. The van der Waals surface area contributed by atoms with Gasteiger partial charge in [-0.3, -0.25) is 4.79 Å². The van der Waals surface area contributed by atoms with Gasteiger partial charge in [-0.1, -0.05) is 29.5 Å². The molecule has 0 radical (unpaired) electrons. The van der Waals surface area contributed by atoms with Gasteiger partial charge in [0, 0.05) is 18.8 Å². The van der Waals surface area contributed by atoms with E-state index in [2.05, 4.69) is 15.5 Å². The lowest BCUT2D eigenvalue weighted by molar-refractivity contribution is -0.113. The highest BCUT2D eigenvalue weighted by atomic mass is 32.2. The Balaban J connectivity index is 1.57. The fraction of sp³-hybridized carbons (Fsp3) is 0.438. The second-order valence-electron chi connectivity index (χ2n) is 5.91. The van der Waals surface area contributed by atoms with Gasteiger partial charge in [-0.15, -0.1) is 10.2 Å². The summed E-state index contributed by atoms with van der Waals surface area (Å²) < 4.78 is 27.5. The number of hydrogen-bond acceptors (Lipinski definition) is 7. The third-order valence-corrected chi connectivity index (χ3v) is 7.81. The van der Waals surface area contributed by atoms with Crippen molar-refractivity contribution in [3.8, 4) is 0 Å². The van der Waals surface area contributed by atoms with Gasteiger partial charge in [-0.05, 0) is 44.0 Å². The Hall–Kier alpha value is -1.49. The Bertz CT molecular complexity index is 859. The van der Waals surface area contributed by atoms with Crippen LogP contribution >= 0.6 is 23.1 Å². The number of carbonyl (C=O) groups excluding carboxylic acids is 1. The number of nitrogens with one attached hydrogen (secondary N) is 1. The van der Waals surface area contributed by atoms with Crippen molar-refractivity contribution in [1.29, 1.82) is 0 Å². The molecular weight excluding hydrogens is 392 g/mol. The van der Waals surface area contributed by atoms with Crippen LogP contribution in [0, 0.1) is 6.92 Å². The fourth-order valence-electron chi connectivity index (χ4n) is 2.63. The maximum atomic E-state index is 12.6. The SMILES string of the molecule is Cc1nnc(SCC(=O)Nc2ccc(S(=O)(=O)N3CCCCC3)cc2)s1. The minimum Gasteiger partial charge on any atom is -0.325 e. The standard InChI is InChI=1S/C16H20N4O3S3/c1-12-18-19-16(25-12)24-11-15(21)17-13-5-7-14(8-6-13)26(22,23)20-9-3-2-4-10-20/h5-8H,2-4,9-11H2,1H3,(H,17,21). The maximum Gasteiger partial charge on any atom is 0.243 e. The van der Waals surface area contributed by atoms with Crippen LogP contribution in [0.15, 0.2) is 33.5 Å². The molecule has 10 heteroatoms. The lowest BCUT2D eigenvalue weighted by Crippen LogP contribution is -2.35. The summed E-state index contributed by atoms with van der Waals surface area (Å²) in [5.74, 6) is 0.0529. The minimum absolute atomic E-state index is 0.172. The molecule has 1 fully saturated rings. The van der Waals surface area contributed by atoms with Crippen molar-refractivity contribution in [2.24, 2.45) is 0 Å².